The van der Waals surface area contributed by atoms with Gasteiger partial charge in [0.25, 0.3) is 11.8 Å². The zero-order valence-electron chi connectivity index (χ0n) is 55.7. The normalized spacial score (nSPS) is 22.3. The minimum Gasteiger partial charge on any atom is -0.493 e. The first-order chi connectivity index (χ1) is 45.4. The third-order valence-electron chi connectivity index (χ3n) is 17.5. The minimum atomic E-state index is -1.52. The van der Waals surface area contributed by atoms with Crippen molar-refractivity contribution < 1.29 is 76.8 Å². The lowest BCUT2D eigenvalue weighted by Gasteiger charge is -2.36. The zero-order chi connectivity index (χ0) is 68.9. The SMILES string of the molecule is COc1ccc(CC[C@H]2OC(=O)[C@@H]3CCCCN3C(=O)C(=O)C(C)(C)COC(=O)C=CCCN(C)C(=O)[C@H](CC(C)C)N(C)C(=O)[C@H]3CCCN3C(=O)[C@H](Cc3ccc(C(=O)NCCO)cc3)NC(=O)[C@H](c3ccccc3)CC(=O)CCC(=O)Nc3cccc2c3)cc1OC. The number of hydrogen-bond donors (Lipinski definition) is 4. The van der Waals surface area contributed by atoms with Crippen LogP contribution in [0.3, 0.4) is 0 Å². The summed E-state index contributed by atoms with van der Waals surface area (Å²) in [5.41, 5.74) is 1.38. The van der Waals surface area contributed by atoms with Gasteiger partial charge in [0.05, 0.1) is 32.2 Å². The number of aliphatic hydroxyl groups excluding tert-OH is 1. The molecule has 4 N–H and O–H groups in total. The minimum absolute atomic E-state index is 0.0322. The highest BCUT2D eigenvalue weighted by atomic mass is 16.5. The van der Waals surface area contributed by atoms with Crippen molar-refractivity contribution in [2.75, 3.05) is 73.0 Å². The number of esters is 2. The van der Waals surface area contributed by atoms with Crippen LogP contribution in [-0.4, -0.2) is 181 Å². The molecule has 3 heterocycles. The van der Waals surface area contributed by atoms with Gasteiger partial charge in [-0.3, -0.25) is 43.2 Å². The number of hydrogen-bond acceptors (Lipinski definition) is 16. The average molecular weight is 1310 g/mol. The number of anilines is 1. The van der Waals surface area contributed by atoms with Gasteiger partial charge in [0, 0.05) is 83.3 Å². The van der Waals surface area contributed by atoms with Gasteiger partial charge < -0.3 is 59.6 Å². The first-order valence-electron chi connectivity index (χ1n) is 32.6. The number of likely N-dealkylation sites (N-methyl/N-ethyl adjacent to an activating group) is 2. The van der Waals surface area contributed by atoms with E-state index < -0.39 is 107 Å². The summed E-state index contributed by atoms with van der Waals surface area (Å²) in [4.78, 5) is 162. The number of methoxy groups -OCH3 is 2. The smallest absolute Gasteiger partial charge is 0.330 e. The van der Waals surface area contributed by atoms with Gasteiger partial charge in [-0.25, -0.2) is 9.59 Å². The summed E-state index contributed by atoms with van der Waals surface area (Å²) in [5.74, 6) is -7.15. The maximum atomic E-state index is 15.2. The second-order valence-corrected chi connectivity index (χ2v) is 25.5. The summed E-state index contributed by atoms with van der Waals surface area (Å²) in [7, 11) is 6.14. The Balaban J connectivity index is 1.21. The average Bonchev–Trinajstić information content (AvgIpc) is 1.80. The second-order valence-electron chi connectivity index (χ2n) is 25.5. The van der Waals surface area contributed by atoms with Crippen LogP contribution in [-0.2, 0) is 70.3 Å². The molecule has 2 bridgehead atoms. The molecule has 510 valence electrons. The van der Waals surface area contributed by atoms with E-state index in [1.54, 1.807) is 98.0 Å². The summed E-state index contributed by atoms with van der Waals surface area (Å²) in [6.45, 7) is 6.41. The van der Waals surface area contributed by atoms with Crippen molar-refractivity contribution in [2.45, 2.75) is 147 Å². The maximum absolute atomic E-state index is 15.2. The van der Waals surface area contributed by atoms with E-state index in [0.29, 0.717) is 59.6 Å². The zero-order valence-corrected chi connectivity index (χ0v) is 55.7. The van der Waals surface area contributed by atoms with Gasteiger partial charge in [0.15, 0.2) is 11.5 Å². The summed E-state index contributed by atoms with van der Waals surface area (Å²) < 4.78 is 22.9. The Kier molecular flexibility index (Phi) is 26.8. The molecule has 6 atom stereocenters. The number of carbonyl (C=O) groups excluding carboxylic acids is 11. The lowest BCUT2D eigenvalue weighted by molar-refractivity contribution is -0.165. The van der Waals surface area contributed by atoms with Gasteiger partial charge in [0.1, 0.15) is 42.7 Å². The van der Waals surface area contributed by atoms with Crippen molar-refractivity contribution in [3.8, 4) is 11.5 Å². The third-order valence-corrected chi connectivity index (χ3v) is 17.5. The molecule has 2 fully saturated rings. The van der Waals surface area contributed by atoms with Crippen molar-refractivity contribution in [2.24, 2.45) is 11.3 Å². The van der Waals surface area contributed by atoms with E-state index in [2.05, 4.69) is 16.0 Å². The fraction of sp³-hybridized carbons (Fsp3) is 0.486. The highest BCUT2D eigenvalue weighted by molar-refractivity contribution is 6.38. The van der Waals surface area contributed by atoms with Crippen LogP contribution in [0, 0.1) is 11.3 Å². The molecule has 4 aromatic rings. The molecular formula is C72H91N7O16. The molecule has 4 aromatic carbocycles. The fourth-order valence-electron chi connectivity index (χ4n) is 12.1. The lowest BCUT2D eigenvalue weighted by atomic mass is 9.87. The van der Waals surface area contributed by atoms with Gasteiger partial charge in [0.2, 0.25) is 35.3 Å². The van der Waals surface area contributed by atoms with Crippen molar-refractivity contribution in [3.05, 3.63) is 137 Å². The number of carbonyl (C=O) groups is 11. The predicted octanol–water partition coefficient (Wildman–Crippen LogP) is 6.63. The predicted molar refractivity (Wildman–Crippen MR) is 353 cm³/mol. The molecule has 0 aliphatic carbocycles. The summed E-state index contributed by atoms with van der Waals surface area (Å²) in [6, 6.07) is 22.5. The number of nitrogens with zero attached hydrogens (tertiary/aromatic N) is 4. The number of nitrogens with one attached hydrogen (secondary N) is 3. The number of Topliss-reactive ketones (excluding diaryl/α,β-unsaturated/α-hetero) is 2. The quantitative estimate of drug-likeness (QED) is 0.0806. The van der Waals surface area contributed by atoms with E-state index in [1.165, 1.54) is 60.8 Å². The largest absolute Gasteiger partial charge is 0.493 e. The Morgan fingerprint density at radius 2 is 1.44 bits per heavy atom. The van der Waals surface area contributed by atoms with Crippen molar-refractivity contribution in [1.29, 1.82) is 0 Å². The molecule has 3 aliphatic rings. The van der Waals surface area contributed by atoms with E-state index in [4.69, 9.17) is 18.9 Å². The highest BCUT2D eigenvalue weighted by Gasteiger charge is 2.44. The first-order valence-corrected chi connectivity index (χ1v) is 32.6. The molecule has 7 amide bonds. The van der Waals surface area contributed by atoms with E-state index >= 15 is 4.79 Å². The van der Waals surface area contributed by atoms with Crippen molar-refractivity contribution in [3.63, 3.8) is 0 Å². The number of aliphatic hydroxyl groups is 1. The van der Waals surface area contributed by atoms with Crippen LogP contribution in [0.25, 0.3) is 0 Å². The Labute approximate surface area is 555 Å². The van der Waals surface area contributed by atoms with E-state index in [-0.39, 0.29) is 108 Å². The summed E-state index contributed by atoms with van der Waals surface area (Å²) in [6.07, 6.45) is 3.64. The maximum Gasteiger partial charge on any atom is 0.330 e. The summed E-state index contributed by atoms with van der Waals surface area (Å²) >= 11 is 0. The first kappa shape index (κ1) is 73.2. The molecule has 0 unspecified atom stereocenters. The number of fused-ring (bicyclic) bond motifs is 4. The Hall–Kier alpha value is -9.25. The lowest BCUT2D eigenvalue weighted by Crippen LogP contribution is -2.57. The number of amides is 7. The van der Waals surface area contributed by atoms with E-state index in [0.717, 1.165) is 11.6 Å². The molecule has 3 aliphatic heterocycles. The van der Waals surface area contributed by atoms with Gasteiger partial charge in [-0.05, 0) is 136 Å². The Morgan fingerprint density at radius 3 is 2.15 bits per heavy atom. The molecule has 0 saturated carbocycles. The van der Waals surface area contributed by atoms with E-state index in [9.17, 15) is 53.1 Å². The molecule has 2 saturated heterocycles. The molecule has 23 heteroatoms. The Bertz CT molecular complexity index is 3430. The van der Waals surface area contributed by atoms with Crippen LogP contribution in [0.5, 0.6) is 11.5 Å². The number of cyclic esters (lactones) is 2. The number of rotatable bonds is 13. The topological polar surface area (TPSA) is 294 Å². The van der Waals surface area contributed by atoms with Crippen LogP contribution in [0.4, 0.5) is 5.69 Å². The highest BCUT2D eigenvalue weighted by Crippen LogP contribution is 2.34. The van der Waals surface area contributed by atoms with Crippen LogP contribution >= 0.6 is 0 Å². The number of ketones is 2. The van der Waals surface area contributed by atoms with Gasteiger partial charge in [-0.2, -0.15) is 0 Å². The Morgan fingerprint density at radius 1 is 0.747 bits per heavy atom. The van der Waals surface area contributed by atoms with Crippen molar-refractivity contribution in [1.82, 2.24) is 30.2 Å². The molecule has 23 nitrogen and oxygen atoms in total. The number of aryl methyl sites for hydroxylation is 1. The molecule has 7 rings (SSSR count). The van der Waals surface area contributed by atoms with Crippen LogP contribution < -0.4 is 25.4 Å². The van der Waals surface area contributed by atoms with Crippen LogP contribution in [0.15, 0.2) is 109 Å². The van der Waals surface area contributed by atoms with E-state index in [1.807, 2.05) is 19.9 Å². The molecule has 0 radical (unpaired) electrons. The molecular weight excluding hydrogens is 1220 g/mol. The van der Waals surface area contributed by atoms with Crippen LogP contribution in [0.1, 0.15) is 143 Å². The molecule has 0 spiro atoms. The van der Waals surface area contributed by atoms with Gasteiger partial charge in [-0.1, -0.05) is 80.6 Å². The second kappa shape index (κ2) is 34.8. The van der Waals surface area contributed by atoms with Gasteiger partial charge >= 0.3 is 11.9 Å². The third kappa shape index (κ3) is 20.1. The molecule has 0 aromatic heterocycles. The number of benzene rings is 4. The molecule has 95 heavy (non-hydrogen) atoms. The summed E-state index contributed by atoms with van der Waals surface area (Å²) in [5, 5.41) is 17.7. The fourth-order valence-corrected chi connectivity index (χ4v) is 12.1. The van der Waals surface area contributed by atoms with Gasteiger partial charge in [-0.15, -0.1) is 0 Å². The monoisotopic (exact) mass is 1310 g/mol. The van der Waals surface area contributed by atoms with Crippen LogP contribution in [0.2, 0.25) is 0 Å². The number of piperidine rings is 1. The van der Waals surface area contributed by atoms with Crippen molar-refractivity contribution >= 4 is 70.5 Å². The number of ether oxygens (including phenoxy) is 4. The standard InChI is InChI=1S/C72H91N7O16/c1-46(2)40-58-68(88)76(5)36-14-13-24-63(83)94-45-72(3,4)64(84)70(90)79-37-15-12-22-57(79)71(91)95-59(32-27-48-28-33-60(92-7)61(42-48)93-8)51-20-16-21-52(43-51)74-62(82)34-31-53(81)44-54(49-18-10-9-11-19-49)66(86)75-55(67(87)78-38-17-23-56(78)69(89)77(58)6)41-47-25-29-50(30-26-47)65(85)73-35-39-80/h9-11,13,16,18-21,24-26,28-30,33,42-43,46,54-59,80H,12,14-15,17,22-23,27,31-32,34-41,44-45H2,1-8H3,(H,73,85)(H,74,82)(H,75,86)/t54-,55-,56+,57-,58-,59+/m0/s1.